The third-order valence-electron chi connectivity index (χ3n) is 3.94. The fraction of sp³-hybridized carbons (Fsp3) is 0.412. The Morgan fingerprint density at radius 2 is 1.96 bits per heavy atom. The molecule has 25 heavy (non-hydrogen) atoms. The molecule has 1 aromatic carbocycles. The predicted molar refractivity (Wildman–Crippen MR) is 94.2 cm³/mol. The van der Waals surface area contributed by atoms with Crippen molar-refractivity contribution in [3.8, 4) is 5.75 Å². The number of nitrogens with one attached hydrogen (secondary N) is 1. The molecule has 0 saturated carbocycles. The minimum atomic E-state index is -3.51. The Hall–Kier alpha value is -2.35. The number of carbonyl (C=O) groups excluding carboxylic acids is 1. The first-order valence-electron chi connectivity index (χ1n) is 7.94. The maximum atomic E-state index is 12.7. The number of hydrogen-bond acceptors (Lipinski definition) is 5. The second-order valence-corrected chi connectivity index (χ2v) is 7.90. The van der Waals surface area contributed by atoms with E-state index >= 15 is 0 Å². The summed E-state index contributed by atoms with van der Waals surface area (Å²) in [5.74, 6) is -0.297. The van der Waals surface area contributed by atoms with Crippen molar-refractivity contribution in [2.75, 3.05) is 12.9 Å². The molecule has 8 heteroatoms. The third kappa shape index (κ3) is 3.84. The van der Waals surface area contributed by atoms with Crippen LogP contribution in [0.3, 0.4) is 0 Å². The first-order chi connectivity index (χ1) is 11.7. The maximum Gasteiger partial charge on any atom is 0.277 e. The number of ether oxygens (including phenoxy) is 1. The predicted octanol–water partition coefficient (Wildman–Crippen LogP) is 1.84. The SMILES string of the molecule is CCCCOc1c(S(C)(=O)=O)ccc(C(=O)c2c[nH]n(C)c2=O)c1C. The van der Waals surface area contributed by atoms with Gasteiger partial charge in [-0.2, -0.15) is 0 Å². The number of ketones is 1. The van der Waals surface area contributed by atoms with E-state index in [4.69, 9.17) is 4.74 Å². The molecule has 1 heterocycles. The van der Waals surface area contributed by atoms with E-state index in [1.54, 1.807) is 6.92 Å². The minimum Gasteiger partial charge on any atom is -0.492 e. The lowest BCUT2D eigenvalue weighted by Crippen LogP contribution is -2.20. The average molecular weight is 366 g/mol. The highest BCUT2D eigenvalue weighted by Gasteiger charge is 2.24. The summed E-state index contributed by atoms with van der Waals surface area (Å²) in [4.78, 5) is 24.7. The van der Waals surface area contributed by atoms with Crippen molar-refractivity contribution >= 4 is 15.6 Å². The van der Waals surface area contributed by atoms with E-state index in [9.17, 15) is 18.0 Å². The summed E-state index contributed by atoms with van der Waals surface area (Å²) in [7, 11) is -2.00. The van der Waals surface area contributed by atoms with Gasteiger partial charge in [-0.3, -0.25) is 14.3 Å². The Morgan fingerprint density at radius 1 is 1.28 bits per heavy atom. The van der Waals surface area contributed by atoms with Crippen molar-refractivity contribution in [3.63, 3.8) is 0 Å². The van der Waals surface area contributed by atoms with Gasteiger partial charge in [0.1, 0.15) is 16.2 Å². The van der Waals surface area contributed by atoms with Crippen LogP contribution < -0.4 is 10.3 Å². The molecular formula is C17H22N2O5S. The molecule has 2 aromatic rings. The van der Waals surface area contributed by atoms with Crippen LogP contribution in [0, 0.1) is 6.92 Å². The number of aromatic amines is 1. The van der Waals surface area contributed by atoms with Gasteiger partial charge in [-0.25, -0.2) is 8.42 Å². The quantitative estimate of drug-likeness (QED) is 0.595. The second kappa shape index (κ2) is 7.26. The molecule has 0 atom stereocenters. The Bertz CT molecular complexity index is 954. The van der Waals surface area contributed by atoms with Gasteiger partial charge in [0.25, 0.3) is 5.56 Å². The first-order valence-corrected chi connectivity index (χ1v) is 9.83. The number of nitrogens with zero attached hydrogens (tertiary/aromatic N) is 1. The van der Waals surface area contributed by atoms with Crippen molar-refractivity contribution < 1.29 is 17.9 Å². The molecular weight excluding hydrogens is 344 g/mol. The smallest absolute Gasteiger partial charge is 0.277 e. The zero-order chi connectivity index (χ0) is 18.8. The maximum absolute atomic E-state index is 12.7. The molecule has 2 rings (SSSR count). The van der Waals surface area contributed by atoms with Crippen LogP contribution in [0.5, 0.6) is 5.75 Å². The van der Waals surface area contributed by atoms with E-state index in [2.05, 4.69) is 5.10 Å². The highest BCUT2D eigenvalue weighted by Crippen LogP contribution is 2.31. The van der Waals surface area contributed by atoms with Crippen LogP contribution in [0.2, 0.25) is 0 Å². The van der Waals surface area contributed by atoms with Crippen molar-refractivity contribution in [2.24, 2.45) is 7.05 Å². The van der Waals surface area contributed by atoms with Crippen LogP contribution in [0.4, 0.5) is 0 Å². The third-order valence-corrected chi connectivity index (χ3v) is 5.06. The monoisotopic (exact) mass is 366 g/mol. The largest absolute Gasteiger partial charge is 0.492 e. The number of unbranched alkanes of at least 4 members (excludes halogenated alkanes) is 1. The highest BCUT2D eigenvalue weighted by atomic mass is 32.2. The number of rotatable bonds is 7. The standard InChI is InChI=1S/C17H22N2O5S/c1-5-6-9-24-16-11(2)12(7-8-14(16)25(4,22)23)15(20)13-10-18-19(3)17(13)21/h7-8,10,18H,5-6,9H2,1-4H3. The van der Waals surface area contributed by atoms with Crippen LogP contribution in [0.1, 0.15) is 41.3 Å². The first kappa shape index (κ1) is 19.0. The molecule has 1 aromatic heterocycles. The van der Waals surface area contributed by atoms with Gasteiger partial charge in [0.05, 0.1) is 6.61 Å². The Kier molecular flexibility index (Phi) is 5.52. The second-order valence-electron chi connectivity index (χ2n) is 5.92. The fourth-order valence-corrected chi connectivity index (χ4v) is 3.34. The molecule has 0 fully saturated rings. The normalized spacial score (nSPS) is 11.5. The number of hydrogen-bond donors (Lipinski definition) is 1. The van der Waals surface area contributed by atoms with Gasteiger partial charge in [0.2, 0.25) is 5.78 Å². The van der Waals surface area contributed by atoms with Crippen molar-refractivity contribution in [1.29, 1.82) is 0 Å². The van der Waals surface area contributed by atoms with Crippen LogP contribution in [-0.2, 0) is 16.9 Å². The highest BCUT2D eigenvalue weighted by molar-refractivity contribution is 7.90. The lowest BCUT2D eigenvalue weighted by Gasteiger charge is -2.15. The van der Waals surface area contributed by atoms with Crippen LogP contribution in [-0.4, -0.2) is 36.8 Å². The number of aryl methyl sites for hydroxylation is 1. The Labute approximate surface area is 146 Å². The van der Waals surface area contributed by atoms with Crippen molar-refractivity contribution in [2.45, 2.75) is 31.6 Å². The van der Waals surface area contributed by atoms with Gasteiger partial charge in [-0.15, -0.1) is 0 Å². The summed E-state index contributed by atoms with van der Waals surface area (Å²) in [6.45, 7) is 3.97. The summed E-state index contributed by atoms with van der Waals surface area (Å²) in [5.41, 5.74) is 0.213. The Morgan fingerprint density at radius 3 is 2.48 bits per heavy atom. The molecule has 0 aliphatic carbocycles. The van der Waals surface area contributed by atoms with Crippen LogP contribution in [0.15, 0.2) is 28.0 Å². The average Bonchev–Trinajstić information content (AvgIpc) is 2.87. The van der Waals surface area contributed by atoms with Crippen LogP contribution >= 0.6 is 0 Å². The minimum absolute atomic E-state index is 0.00258. The van der Waals surface area contributed by atoms with Crippen LogP contribution in [0.25, 0.3) is 0 Å². The lowest BCUT2D eigenvalue weighted by atomic mass is 10.0. The van der Waals surface area contributed by atoms with Gasteiger partial charge < -0.3 is 9.84 Å². The summed E-state index contributed by atoms with van der Waals surface area (Å²) in [5, 5.41) is 2.66. The van der Waals surface area contributed by atoms with Gasteiger partial charge in [-0.1, -0.05) is 13.3 Å². The number of sulfone groups is 1. The van der Waals surface area contributed by atoms with Crippen molar-refractivity contribution in [3.05, 3.63) is 45.4 Å². The molecule has 7 nitrogen and oxygen atoms in total. The molecule has 0 spiro atoms. The van der Waals surface area contributed by atoms with E-state index in [-0.39, 0.29) is 21.8 Å². The van der Waals surface area contributed by atoms with Gasteiger partial charge in [-0.05, 0) is 25.5 Å². The van der Waals surface area contributed by atoms with Gasteiger partial charge in [0.15, 0.2) is 9.84 Å². The zero-order valence-corrected chi connectivity index (χ0v) is 15.6. The molecule has 136 valence electrons. The molecule has 0 radical (unpaired) electrons. The topological polar surface area (TPSA) is 98.2 Å². The number of aromatic nitrogens is 2. The van der Waals surface area contributed by atoms with E-state index in [1.165, 1.54) is 30.1 Å². The van der Waals surface area contributed by atoms with Crippen molar-refractivity contribution in [1.82, 2.24) is 9.78 Å². The van der Waals surface area contributed by atoms with Gasteiger partial charge >= 0.3 is 0 Å². The summed E-state index contributed by atoms with van der Waals surface area (Å²) < 4.78 is 30.9. The molecule has 0 unspecified atom stereocenters. The van der Waals surface area contributed by atoms with Gasteiger partial charge in [0, 0.05) is 30.6 Å². The van der Waals surface area contributed by atoms with E-state index in [1.807, 2.05) is 6.92 Å². The molecule has 0 saturated heterocycles. The molecule has 0 aliphatic rings. The Balaban J connectivity index is 2.57. The summed E-state index contributed by atoms with van der Waals surface area (Å²) >= 11 is 0. The molecule has 1 N–H and O–H groups in total. The fourth-order valence-electron chi connectivity index (χ4n) is 2.47. The van der Waals surface area contributed by atoms with E-state index in [0.29, 0.717) is 12.2 Å². The number of H-pyrrole nitrogens is 1. The molecule has 0 aliphatic heterocycles. The summed E-state index contributed by atoms with van der Waals surface area (Å²) in [6.07, 6.45) is 4.09. The van der Waals surface area contributed by atoms with E-state index < -0.39 is 21.2 Å². The molecule has 0 bridgehead atoms. The molecule has 0 amide bonds. The summed E-state index contributed by atoms with van der Waals surface area (Å²) in [6, 6.07) is 2.78. The zero-order valence-electron chi connectivity index (χ0n) is 14.8. The van der Waals surface area contributed by atoms with E-state index in [0.717, 1.165) is 19.1 Å². The number of carbonyl (C=O) groups is 1. The number of benzene rings is 1. The lowest BCUT2D eigenvalue weighted by molar-refractivity contribution is 0.103.